The first kappa shape index (κ1) is 21.3. The van der Waals surface area contributed by atoms with Crippen molar-refractivity contribution in [2.24, 2.45) is 5.92 Å². The minimum atomic E-state index is -0.500. The average Bonchev–Trinajstić information content (AvgIpc) is 3.41. The summed E-state index contributed by atoms with van der Waals surface area (Å²) in [6, 6.07) is 21.6. The van der Waals surface area contributed by atoms with Crippen molar-refractivity contribution in [3.8, 4) is 0 Å². The molecule has 1 aliphatic heterocycles. The zero-order valence-electron chi connectivity index (χ0n) is 18.1. The van der Waals surface area contributed by atoms with E-state index in [-0.39, 0.29) is 30.6 Å². The molecule has 1 aliphatic rings. The monoisotopic (exact) mass is 459 g/mol. The van der Waals surface area contributed by atoms with Gasteiger partial charge in [-0.1, -0.05) is 47.7 Å². The van der Waals surface area contributed by atoms with Gasteiger partial charge in [0.1, 0.15) is 5.82 Å². The molecule has 0 saturated carbocycles. The Morgan fingerprint density at radius 1 is 1.12 bits per heavy atom. The van der Waals surface area contributed by atoms with E-state index in [4.69, 9.17) is 4.98 Å². The summed E-state index contributed by atoms with van der Waals surface area (Å²) in [5, 5.41) is 0.622. The molecule has 0 radical (unpaired) electrons. The number of hydrogen-bond donors (Lipinski definition) is 0. The lowest BCUT2D eigenvalue weighted by Gasteiger charge is -2.23. The Hall–Kier alpha value is -3.58. The molecule has 3 aromatic carbocycles. The van der Waals surface area contributed by atoms with Crippen molar-refractivity contribution in [1.29, 1.82) is 0 Å². The molecule has 1 unspecified atom stereocenters. The van der Waals surface area contributed by atoms with Crippen LogP contribution in [0.1, 0.15) is 17.5 Å². The number of thiazole rings is 1. The first-order valence-electron chi connectivity index (χ1n) is 10.8. The Labute approximate surface area is 195 Å². The average molecular weight is 460 g/mol. The zero-order valence-corrected chi connectivity index (χ0v) is 18.9. The van der Waals surface area contributed by atoms with Crippen LogP contribution >= 0.6 is 11.3 Å². The second kappa shape index (κ2) is 8.75. The number of benzene rings is 3. The topological polar surface area (TPSA) is 53.5 Å². The molecule has 0 aliphatic carbocycles. The molecule has 4 aromatic rings. The van der Waals surface area contributed by atoms with Crippen molar-refractivity contribution in [2.45, 2.75) is 19.9 Å². The summed E-state index contributed by atoms with van der Waals surface area (Å²) in [7, 11) is 0. The fraction of sp³-hybridized carbons (Fsp3) is 0.192. The third kappa shape index (κ3) is 4.36. The quantitative estimate of drug-likeness (QED) is 0.405. The molecular weight excluding hydrogens is 437 g/mol. The van der Waals surface area contributed by atoms with Crippen LogP contribution in [0, 0.1) is 18.7 Å². The van der Waals surface area contributed by atoms with E-state index >= 15 is 0 Å². The number of aromatic nitrogens is 1. The molecule has 166 valence electrons. The van der Waals surface area contributed by atoms with Crippen molar-refractivity contribution in [1.82, 2.24) is 4.98 Å². The highest BCUT2D eigenvalue weighted by molar-refractivity contribution is 7.22. The molecule has 1 aromatic heterocycles. The van der Waals surface area contributed by atoms with E-state index in [0.717, 1.165) is 21.3 Å². The van der Waals surface area contributed by atoms with Crippen LogP contribution in [-0.2, 0) is 16.1 Å². The molecule has 5 nitrogen and oxygen atoms in total. The summed E-state index contributed by atoms with van der Waals surface area (Å²) >= 11 is 1.48. The predicted molar refractivity (Wildman–Crippen MR) is 129 cm³/mol. The molecule has 1 saturated heterocycles. The molecule has 0 spiro atoms. The highest BCUT2D eigenvalue weighted by atomic mass is 32.1. The van der Waals surface area contributed by atoms with Crippen LogP contribution in [0.2, 0.25) is 0 Å². The van der Waals surface area contributed by atoms with Gasteiger partial charge in [0.05, 0.1) is 22.7 Å². The number of fused-ring (bicyclic) bond motifs is 1. The van der Waals surface area contributed by atoms with Crippen molar-refractivity contribution >= 4 is 44.2 Å². The van der Waals surface area contributed by atoms with Crippen LogP contribution in [0.15, 0.2) is 72.8 Å². The molecule has 2 heterocycles. The maximum Gasteiger partial charge on any atom is 0.234 e. The van der Waals surface area contributed by atoms with Crippen molar-refractivity contribution in [3.63, 3.8) is 0 Å². The molecule has 7 heteroatoms. The Bertz CT molecular complexity index is 1320. The van der Waals surface area contributed by atoms with Crippen LogP contribution in [0.4, 0.5) is 15.2 Å². The van der Waals surface area contributed by atoms with Crippen molar-refractivity contribution in [2.75, 3.05) is 16.3 Å². The van der Waals surface area contributed by atoms with Crippen LogP contribution in [0.25, 0.3) is 10.2 Å². The standard InChI is InChI=1S/C26H22FN3O2S/c1-17-7-12-22-23(13-17)33-26(28-22)30(15-18-5-3-2-4-6-18)25(32)19-14-24(31)29(16-19)21-10-8-20(27)9-11-21/h2-13,19H,14-16H2,1H3. The van der Waals surface area contributed by atoms with Gasteiger partial charge in [0.15, 0.2) is 5.13 Å². The van der Waals surface area contributed by atoms with Gasteiger partial charge < -0.3 is 4.90 Å². The number of amides is 2. The number of carbonyl (C=O) groups is 2. The van der Waals surface area contributed by atoms with Crippen LogP contribution in [0.5, 0.6) is 0 Å². The third-order valence-electron chi connectivity index (χ3n) is 5.83. The predicted octanol–water partition coefficient (Wildman–Crippen LogP) is 5.33. The normalized spacial score (nSPS) is 15.9. The van der Waals surface area contributed by atoms with E-state index in [2.05, 4.69) is 6.07 Å². The molecule has 0 N–H and O–H groups in total. The number of nitrogens with zero attached hydrogens (tertiary/aromatic N) is 3. The summed E-state index contributed by atoms with van der Waals surface area (Å²) in [5.41, 5.74) is 3.57. The fourth-order valence-corrected chi connectivity index (χ4v) is 5.17. The lowest BCUT2D eigenvalue weighted by Crippen LogP contribution is -2.37. The number of rotatable bonds is 5. The van der Waals surface area contributed by atoms with Gasteiger partial charge in [-0.3, -0.25) is 14.5 Å². The van der Waals surface area contributed by atoms with E-state index in [1.165, 1.54) is 23.5 Å². The largest absolute Gasteiger partial charge is 0.312 e. The lowest BCUT2D eigenvalue weighted by atomic mass is 10.1. The summed E-state index contributed by atoms with van der Waals surface area (Å²) in [4.78, 5) is 34.4. The van der Waals surface area contributed by atoms with E-state index in [9.17, 15) is 14.0 Å². The van der Waals surface area contributed by atoms with E-state index < -0.39 is 5.92 Å². The number of anilines is 2. The fourth-order valence-electron chi connectivity index (χ4n) is 4.10. The number of hydrogen-bond acceptors (Lipinski definition) is 4. The van der Waals surface area contributed by atoms with Gasteiger partial charge in [-0.05, 0) is 54.4 Å². The maximum atomic E-state index is 13.7. The van der Waals surface area contributed by atoms with E-state index in [1.54, 1.807) is 21.9 Å². The van der Waals surface area contributed by atoms with Gasteiger partial charge in [-0.2, -0.15) is 0 Å². The first-order chi connectivity index (χ1) is 16.0. The van der Waals surface area contributed by atoms with Crippen molar-refractivity contribution in [3.05, 3.63) is 89.7 Å². The second-order valence-electron chi connectivity index (χ2n) is 8.26. The Morgan fingerprint density at radius 2 is 1.88 bits per heavy atom. The highest BCUT2D eigenvalue weighted by Gasteiger charge is 2.38. The first-order valence-corrected chi connectivity index (χ1v) is 11.6. The summed E-state index contributed by atoms with van der Waals surface area (Å²) < 4.78 is 14.3. The number of halogens is 1. The minimum absolute atomic E-state index is 0.117. The summed E-state index contributed by atoms with van der Waals surface area (Å²) in [5.74, 6) is -1.13. The van der Waals surface area contributed by atoms with Gasteiger partial charge in [0.25, 0.3) is 0 Å². The summed E-state index contributed by atoms with van der Waals surface area (Å²) in [6.45, 7) is 2.66. The number of aryl methyl sites for hydroxylation is 1. The van der Waals surface area contributed by atoms with Gasteiger partial charge in [0, 0.05) is 18.7 Å². The Kier molecular flexibility index (Phi) is 5.64. The molecular formula is C26H22FN3O2S. The van der Waals surface area contributed by atoms with Crippen LogP contribution in [0.3, 0.4) is 0 Å². The Balaban J connectivity index is 1.46. The molecule has 33 heavy (non-hydrogen) atoms. The second-order valence-corrected chi connectivity index (χ2v) is 9.27. The Morgan fingerprint density at radius 3 is 2.64 bits per heavy atom. The zero-order chi connectivity index (χ0) is 22.9. The van der Waals surface area contributed by atoms with Crippen LogP contribution in [-0.4, -0.2) is 23.3 Å². The minimum Gasteiger partial charge on any atom is -0.312 e. The SMILES string of the molecule is Cc1ccc2nc(N(Cc3ccccc3)C(=O)C3CC(=O)N(c4ccc(F)cc4)C3)sc2c1. The molecule has 2 amide bonds. The van der Waals surface area contributed by atoms with Gasteiger partial charge in [-0.25, -0.2) is 9.37 Å². The third-order valence-corrected chi connectivity index (χ3v) is 6.87. The number of carbonyl (C=O) groups excluding carboxylic acids is 2. The lowest BCUT2D eigenvalue weighted by molar-refractivity contribution is -0.124. The molecule has 1 atom stereocenters. The van der Waals surface area contributed by atoms with Gasteiger partial charge in [-0.15, -0.1) is 0 Å². The maximum absolute atomic E-state index is 13.7. The van der Waals surface area contributed by atoms with E-state index in [0.29, 0.717) is 17.4 Å². The summed E-state index contributed by atoms with van der Waals surface area (Å²) in [6.07, 6.45) is 0.117. The van der Waals surface area contributed by atoms with Crippen molar-refractivity contribution < 1.29 is 14.0 Å². The molecule has 1 fully saturated rings. The van der Waals surface area contributed by atoms with Gasteiger partial charge >= 0.3 is 0 Å². The van der Waals surface area contributed by atoms with E-state index in [1.807, 2.05) is 49.4 Å². The highest BCUT2D eigenvalue weighted by Crippen LogP contribution is 2.33. The van der Waals surface area contributed by atoms with Crippen LogP contribution < -0.4 is 9.80 Å². The molecule has 5 rings (SSSR count). The smallest absolute Gasteiger partial charge is 0.234 e. The van der Waals surface area contributed by atoms with Gasteiger partial charge in [0.2, 0.25) is 11.8 Å². The molecule has 0 bridgehead atoms.